The number of anilines is 1. The average molecular weight is 255 g/mol. The molecule has 1 rings (SSSR count). The molecule has 1 aromatic rings. The maximum atomic E-state index is 11.7. The van der Waals surface area contributed by atoms with Crippen molar-refractivity contribution in [1.82, 2.24) is 0 Å². The van der Waals surface area contributed by atoms with E-state index >= 15 is 0 Å². The fourth-order valence-electron chi connectivity index (χ4n) is 1.41. The fourth-order valence-corrected chi connectivity index (χ4v) is 2.10. The summed E-state index contributed by atoms with van der Waals surface area (Å²) in [6.07, 6.45) is 1.41. The number of benzene rings is 1. The van der Waals surface area contributed by atoms with Gasteiger partial charge in [-0.15, -0.1) is 0 Å². The van der Waals surface area contributed by atoms with E-state index in [0.29, 0.717) is 22.6 Å². The van der Waals surface area contributed by atoms with E-state index in [1.807, 2.05) is 0 Å². The lowest BCUT2D eigenvalue weighted by Gasteiger charge is -2.12. The van der Waals surface area contributed by atoms with Gasteiger partial charge in [-0.1, -0.05) is 12.1 Å². The molecular weight excluding hydrogens is 238 g/mol. The van der Waals surface area contributed by atoms with E-state index < -0.39 is 16.8 Å². The van der Waals surface area contributed by atoms with Gasteiger partial charge in [-0.25, -0.2) is 4.79 Å². The number of carbonyl (C=O) groups is 1. The van der Waals surface area contributed by atoms with Crippen LogP contribution in [-0.2, 0) is 21.3 Å². The van der Waals surface area contributed by atoms with E-state index in [4.69, 9.17) is 10.5 Å². The normalized spacial score (nSPS) is 12.5. The monoisotopic (exact) mass is 255 g/mol. The highest BCUT2D eigenvalue weighted by atomic mass is 32.2. The topological polar surface area (TPSA) is 69.4 Å². The molecule has 1 aromatic carbocycles. The van der Waals surface area contributed by atoms with E-state index in [2.05, 4.69) is 0 Å². The number of hydrogen-bond donors (Lipinski definition) is 1. The number of nitrogen functional groups attached to an aromatic ring is 1. The van der Waals surface area contributed by atoms with Crippen LogP contribution in [0.3, 0.4) is 0 Å². The first kappa shape index (κ1) is 13.7. The predicted octanol–water partition coefficient (Wildman–Crippen LogP) is 1.71. The minimum atomic E-state index is -0.991. The van der Waals surface area contributed by atoms with Gasteiger partial charge in [-0.05, 0) is 25.5 Å². The molecule has 0 saturated heterocycles. The number of para-hydroxylation sites is 1. The second-order valence-electron chi connectivity index (χ2n) is 4.05. The van der Waals surface area contributed by atoms with Crippen molar-refractivity contribution < 1.29 is 13.7 Å². The zero-order valence-electron chi connectivity index (χ0n) is 10.2. The smallest absolute Gasteiger partial charge is 0.340 e. The van der Waals surface area contributed by atoms with Crippen molar-refractivity contribution in [1.29, 1.82) is 0 Å². The molecular formula is C12H17NO3S. The highest BCUT2D eigenvalue weighted by Crippen LogP contribution is 2.20. The summed E-state index contributed by atoms with van der Waals surface area (Å²) >= 11 is 0. The fraction of sp³-hybridized carbons (Fsp3) is 0.417. The van der Waals surface area contributed by atoms with Gasteiger partial charge in [0.15, 0.2) is 0 Å². The van der Waals surface area contributed by atoms with Crippen LogP contribution in [0.4, 0.5) is 5.69 Å². The zero-order valence-corrected chi connectivity index (χ0v) is 11.0. The molecule has 0 aromatic heterocycles. The van der Waals surface area contributed by atoms with Gasteiger partial charge in [0.2, 0.25) is 0 Å². The van der Waals surface area contributed by atoms with Crippen molar-refractivity contribution in [2.24, 2.45) is 0 Å². The van der Waals surface area contributed by atoms with Crippen LogP contribution in [0.15, 0.2) is 18.2 Å². The number of rotatable bonds is 4. The molecule has 2 N–H and O–H groups in total. The summed E-state index contributed by atoms with van der Waals surface area (Å²) in [7, 11) is -0.991. The summed E-state index contributed by atoms with van der Waals surface area (Å²) in [5.74, 6) is -0.101. The quantitative estimate of drug-likeness (QED) is 0.657. The van der Waals surface area contributed by atoms with Crippen LogP contribution in [0.5, 0.6) is 0 Å². The van der Waals surface area contributed by atoms with Crippen LogP contribution in [0.2, 0.25) is 0 Å². The van der Waals surface area contributed by atoms with Gasteiger partial charge in [0.1, 0.15) is 0 Å². The minimum Gasteiger partial charge on any atom is -0.459 e. The molecule has 17 heavy (non-hydrogen) atoms. The van der Waals surface area contributed by atoms with Crippen molar-refractivity contribution >= 4 is 22.5 Å². The van der Waals surface area contributed by atoms with Gasteiger partial charge >= 0.3 is 5.97 Å². The molecule has 1 atom stereocenters. The molecule has 0 radical (unpaired) electrons. The molecule has 0 spiro atoms. The van der Waals surface area contributed by atoms with E-state index in [9.17, 15) is 9.00 Å². The van der Waals surface area contributed by atoms with Crippen molar-refractivity contribution in [2.45, 2.75) is 25.7 Å². The van der Waals surface area contributed by atoms with Crippen LogP contribution in [0.1, 0.15) is 29.8 Å². The Labute approximate surface area is 104 Å². The summed E-state index contributed by atoms with van der Waals surface area (Å²) in [6.45, 7) is 3.55. The molecule has 1 unspecified atom stereocenters. The summed E-state index contributed by atoms with van der Waals surface area (Å²) in [5, 5.41) is 0. The molecule has 0 aliphatic rings. The van der Waals surface area contributed by atoms with Gasteiger partial charge in [0, 0.05) is 17.1 Å². The number of ether oxygens (including phenoxy) is 1. The third-order valence-corrected chi connectivity index (χ3v) is 2.84. The van der Waals surface area contributed by atoms with Gasteiger partial charge in [0.25, 0.3) is 0 Å². The summed E-state index contributed by atoms with van der Waals surface area (Å²) < 4.78 is 16.2. The van der Waals surface area contributed by atoms with Crippen LogP contribution in [0.25, 0.3) is 0 Å². The zero-order chi connectivity index (χ0) is 13.0. The Bertz CT molecular complexity index is 443. The van der Waals surface area contributed by atoms with E-state index in [-0.39, 0.29) is 6.10 Å². The van der Waals surface area contributed by atoms with Crippen LogP contribution in [-0.4, -0.2) is 22.5 Å². The molecule has 0 saturated carbocycles. The largest absolute Gasteiger partial charge is 0.459 e. The molecule has 0 aliphatic carbocycles. The maximum Gasteiger partial charge on any atom is 0.340 e. The summed E-state index contributed by atoms with van der Waals surface area (Å²) in [6, 6.07) is 5.10. The molecule has 0 bridgehead atoms. The van der Waals surface area contributed by atoms with Gasteiger partial charge in [-0.3, -0.25) is 4.21 Å². The van der Waals surface area contributed by atoms with Gasteiger partial charge in [0.05, 0.1) is 23.1 Å². The molecule has 94 valence electrons. The van der Waals surface area contributed by atoms with E-state index in [0.717, 1.165) is 0 Å². The lowest BCUT2D eigenvalue weighted by Crippen LogP contribution is -2.14. The maximum absolute atomic E-state index is 11.7. The lowest BCUT2D eigenvalue weighted by atomic mass is 10.1. The molecule has 4 nitrogen and oxygen atoms in total. The van der Waals surface area contributed by atoms with Crippen LogP contribution in [0, 0.1) is 0 Å². The third-order valence-electron chi connectivity index (χ3n) is 2.12. The van der Waals surface area contributed by atoms with Crippen LogP contribution < -0.4 is 5.73 Å². The lowest BCUT2D eigenvalue weighted by molar-refractivity contribution is 0.0379. The first-order valence-corrected chi connectivity index (χ1v) is 7.03. The Balaban J connectivity index is 3.01. The highest BCUT2D eigenvalue weighted by molar-refractivity contribution is 7.83. The van der Waals surface area contributed by atoms with Crippen molar-refractivity contribution in [3.05, 3.63) is 29.3 Å². The molecule has 0 fully saturated rings. The predicted molar refractivity (Wildman–Crippen MR) is 69.2 cm³/mol. The molecule has 0 amide bonds. The van der Waals surface area contributed by atoms with Crippen molar-refractivity contribution in [2.75, 3.05) is 12.0 Å². The Kier molecular flexibility index (Phi) is 4.69. The summed E-state index contributed by atoms with van der Waals surface area (Å²) in [4.78, 5) is 11.7. The first-order valence-electron chi connectivity index (χ1n) is 5.30. The molecule has 0 heterocycles. The highest BCUT2D eigenvalue weighted by Gasteiger charge is 2.15. The Morgan fingerprint density at radius 1 is 1.47 bits per heavy atom. The van der Waals surface area contributed by atoms with E-state index in [1.165, 1.54) is 0 Å². The number of hydrogen-bond acceptors (Lipinski definition) is 4. The standard InChI is InChI=1S/C12H17NO3S/c1-8(2)16-12(14)10-6-4-5-9(11(10)13)7-17(3)15/h4-6,8H,7,13H2,1-3H3. The van der Waals surface area contributed by atoms with Crippen LogP contribution >= 0.6 is 0 Å². The second-order valence-corrected chi connectivity index (χ2v) is 5.49. The molecule has 5 heteroatoms. The third kappa shape index (κ3) is 3.85. The Hall–Kier alpha value is -1.36. The number of esters is 1. The SMILES string of the molecule is CC(C)OC(=O)c1cccc(CS(C)=O)c1N. The minimum absolute atomic E-state index is 0.189. The van der Waals surface area contributed by atoms with E-state index in [1.54, 1.807) is 38.3 Å². The van der Waals surface area contributed by atoms with Crippen molar-refractivity contribution in [3.8, 4) is 0 Å². The van der Waals surface area contributed by atoms with Gasteiger partial charge < -0.3 is 10.5 Å². The number of carbonyl (C=O) groups excluding carboxylic acids is 1. The Morgan fingerprint density at radius 2 is 2.12 bits per heavy atom. The van der Waals surface area contributed by atoms with Gasteiger partial charge in [-0.2, -0.15) is 0 Å². The second kappa shape index (κ2) is 5.82. The average Bonchev–Trinajstić information content (AvgIpc) is 2.19. The first-order chi connectivity index (χ1) is 7.91. The molecule has 0 aliphatic heterocycles. The summed E-state index contributed by atoms with van der Waals surface area (Å²) in [5.41, 5.74) is 7.27. The van der Waals surface area contributed by atoms with Crippen molar-refractivity contribution in [3.63, 3.8) is 0 Å². The Morgan fingerprint density at radius 3 is 2.65 bits per heavy atom. The number of nitrogens with two attached hydrogens (primary N) is 1.